The normalized spacial score (nSPS) is 22.1. The Hall–Kier alpha value is -2.87. The molecule has 8 heteroatoms. The molecule has 30 heavy (non-hydrogen) atoms. The van der Waals surface area contributed by atoms with Gasteiger partial charge in [-0.2, -0.15) is 0 Å². The van der Waals surface area contributed by atoms with E-state index in [1.165, 1.54) is 0 Å². The van der Waals surface area contributed by atoms with Crippen LogP contribution in [0, 0.1) is 19.8 Å². The fourth-order valence-corrected chi connectivity index (χ4v) is 4.41. The number of nitrogens with zero attached hydrogens (tertiary/aromatic N) is 3. The largest absolute Gasteiger partial charge is 0.490 e. The first kappa shape index (κ1) is 19.1. The van der Waals surface area contributed by atoms with E-state index in [1.807, 2.05) is 36.9 Å². The second-order valence-electron chi connectivity index (χ2n) is 8.45. The Kier molecular flexibility index (Phi) is 4.73. The molecular weight excluding hydrogens is 384 g/mol. The molecule has 5 rings (SSSR count). The predicted octanol–water partition coefficient (Wildman–Crippen LogP) is 2.21. The van der Waals surface area contributed by atoms with Crippen LogP contribution in [-0.2, 0) is 9.59 Å². The van der Waals surface area contributed by atoms with E-state index in [4.69, 9.17) is 9.26 Å². The summed E-state index contributed by atoms with van der Waals surface area (Å²) in [6, 6.07) is 5.74. The van der Waals surface area contributed by atoms with Crippen molar-refractivity contribution >= 4 is 17.5 Å². The van der Waals surface area contributed by atoms with E-state index in [2.05, 4.69) is 15.4 Å². The summed E-state index contributed by atoms with van der Waals surface area (Å²) in [6.07, 6.45) is 2.01. The van der Waals surface area contributed by atoms with Gasteiger partial charge in [-0.05, 0) is 44.4 Å². The minimum absolute atomic E-state index is 0.000360. The second kappa shape index (κ2) is 7.43. The summed E-state index contributed by atoms with van der Waals surface area (Å²) in [5.41, 5.74) is 3.30. The van der Waals surface area contributed by atoms with Crippen molar-refractivity contribution in [2.45, 2.75) is 32.7 Å². The number of ether oxygens (including phenoxy) is 1. The smallest absolute Gasteiger partial charge is 0.238 e. The number of aromatic nitrogens is 1. The maximum Gasteiger partial charge on any atom is 0.238 e. The van der Waals surface area contributed by atoms with Crippen LogP contribution in [0.15, 0.2) is 22.7 Å². The number of benzene rings is 1. The van der Waals surface area contributed by atoms with Crippen molar-refractivity contribution in [2.75, 3.05) is 38.1 Å². The maximum atomic E-state index is 12.8. The van der Waals surface area contributed by atoms with Gasteiger partial charge in [0.1, 0.15) is 18.1 Å². The predicted molar refractivity (Wildman–Crippen MR) is 110 cm³/mol. The minimum atomic E-state index is -0.0790. The molecule has 3 heterocycles. The average Bonchev–Trinajstić information content (AvgIpc) is 3.51. The number of piperazine rings is 1. The van der Waals surface area contributed by atoms with Crippen LogP contribution in [-0.4, -0.2) is 65.6 Å². The lowest BCUT2D eigenvalue weighted by Gasteiger charge is -2.40. The molecule has 3 aliphatic rings. The lowest BCUT2D eigenvalue weighted by Crippen LogP contribution is -2.58. The molecule has 2 aromatic rings. The van der Waals surface area contributed by atoms with Crippen molar-refractivity contribution in [3.63, 3.8) is 0 Å². The average molecular weight is 410 g/mol. The SMILES string of the molecule is Cc1noc(C)c1-c1ccc2c(c1)NC(=O)CN1CCN(C(=O)C3CC3)C[C@@H]1CO2. The number of hydrogen-bond donors (Lipinski definition) is 1. The number of carbonyl (C=O) groups excluding carboxylic acids is 2. The minimum Gasteiger partial charge on any atom is -0.490 e. The highest BCUT2D eigenvalue weighted by molar-refractivity contribution is 5.95. The Balaban J connectivity index is 1.39. The number of fused-ring (bicyclic) bond motifs is 2. The van der Waals surface area contributed by atoms with E-state index in [1.54, 1.807) is 0 Å². The van der Waals surface area contributed by atoms with Crippen molar-refractivity contribution in [1.29, 1.82) is 0 Å². The third-order valence-electron chi connectivity index (χ3n) is 6.20. The summed E-state index contributed by atoms with van der Waals surface area (Å²) in [7, 11) is 0. The molecule has 1 aliphatic carbocycles. The van der Waals surface area contributed by atoms with E-state index in [0.29, 0.717) is 37.7 Å². The van der Waals surface area contributed by atoms with Gasteiger partial charge in [0.25, 0.3) is 0 Å². The number of aryl methyl sites for hydroxylation is 2. The Labute approximate surface area is 175 Å². The third kappa shape index (κ3) is 3.56. The van der Waals surface area contributed by atoms with Crippen LogP contribution in [0.5, 0.6) is 5.75 Å². The first-order valence-corrected chi connectivity index (χ1v) is 10.5. The molecule has 2 fully saturated rings. The van der Waals surface area contributed by atoms with E-state index < -0.39 is 0 Å². The van der Waals surface area contributed by atoms with Gasteiger partial charge in [-0.3, -0.25) is 14.5 Å². The van der Waals surface area contributed by atoms with Gasteiger partial charge in [0.15, 0.2) is 0 Å². The molecule has 158 valence electrons. The summed E-state index contributed by atoms with van der Waals surface area (Å²) in [4.78, 5) is 29.3. The van der Waals surface area contributed by atoms with Crippen molar-refractivity contribution in [1.82, 2.24) is 15.0 Å². The van der Waals surface area contributed by atoms with Crippen LogP contribution in [0.2, 0.25) is 0 Å². The van der Waals surface area contributed by atoms with E-state index in [0.717, 1.165) is 35.4 Å². The molecule has 8 nitrogen and oxygen atoms in total. The molecular formula is C22H26N4O4. The van der Waals surface area contributed by atoms with Crippen LogP contribution in [0.25, 0.3) is 11.1 Å². The van der Waals surface area contributed by atoms with Crippen LogP contribution in [0.4, 0.5) is 5.69 Å². The number of carbonyl (C=O) groups is 2. The molecule has 1 saturated carbocycles. The van der Waals surface area contributed by atoms with Crippen molar-refractivity contribution in [2.24, 2.45) is 5.92 Å². The zero-order valence-corrected chi connectivity index (χ0v) is 17.3. The van der Waals surface area contributed by atoms with Gasteiger partial charge in [0.05, 0.1) is 24.0 Å². The van der Waals surface area contributed by atoms with Gasteiger partial charge in [0, 0.05) is 31.1 Å². The lowest BCUT2D eigenvalue weighted by atomic mass is 10.0. The third-order valence-corrected chi connectivity index (χ3v) is 6.20. The van der Waals surface area contributed by atoms with Gasteiger partial charge in [-0.15, -0.1) is 0 Å². The molecule has 0 radical (unpaired) electrons. The zero-order valence-electron chi connectivity index (χ0n) is 17.3. The summed E-state index contributed by atoms with van der Waals surface area (Å²) in [6.45, 7) is 6.45. The van der Waals surface area contributed by atoms with Crippen molar-refractivity contribution < 1.29 is 18.8 Å². The summed E-state index contributed by atoms with van der Waals surface area (Å²) >= 11 is 0. The van der Waals surface area contributed by atoms with Crippen LogP contribution in [0.3, 0.4) is 0 Å². The summed E-state index contributed by atoms with van der Waals surface area (Å²) in [5, 5.41) is 7.02. The Morgan fingerprint density at radius 3 is 2.80 bits per heavy atom. The molecule has 0 bridgehead atoms. The molecule has 2 amide bonds. The number of rotatable bonds is 2. The number of amides is 2. The Bertz CT molecular complexity index is 978. The highest BCUT2D eigenvalue weighted by Crippen LogP contribution is 2.35. The topological polar surface area (TPSA) is 87.9 Å². The van der Waals surface area contributed by atoms with Gasteiger partial charge in [-0.25, -0.2) is 0 Å². The van der Waals surface area contributed by atoms with Crippen LogP contribution in [0.1, 0.15) is 24.3 Å². The fraction of sp³-hybridized carbons (Fsp3) is 0.500. The van der Waals surface area contributed by atoms with E-state index in [-0.39, 0.29) is 30.3 Å². The van der Waals surface area contributed by atoms with Crippen LogP contribution < -0.4 is 10.1 Å². The molecule has 2 aliphatic heterocycles. The molecule has 1 aromatic carbocycles. The number of nitrogens with one attached hydrogen (secondary N) is 1. The van der Waals surface area contributed by atoms with Gasteiger partial charge in [0.2, 0.25) is 11.8 Å². The first-order chi connectivity index (χ1) is 14.5. The maximum absolute atomic E-state index is 12.8. The van der Waals surface area contributed by atoms with Gasteiger partial charge >= 0.3 is 0 Å². The molecule has 1 aromatic heterocycles. The van der Waals surface area contributed by atoms with E-state index in [9.17, 15) is 9.59 Å². The van der Waals surface area contributed by atoms with Crippen molar-refractivity contribution in [3.05, 3.63) is 29.7 Å². The van der Waals surface area contributed by atoms with E-state index >= 15 is 0 Å². The molecule has 0 spiro atoms. The Morgan fingerprint density at radius 2 is 2.07 bits per heavy atom. The second-order valence-corrected chi connectivity index (χ2v) is 8.45. The molecule has 1 saturated heterocycles. The molecule has 1 N–H and O–H groups in total. The standard InChI is InChI=1S/C22H26N4O4/c1-13-21(14(2)30-24-13)16-5-6-19-18(9-16)23-20(27)11-25-7-8-26(10-17(25)12-29-19)22(28)15-3-4-15/h5-6,9,15,17H,3-4,7-8,10-12H2,1-2H3,(H,23,27)/t17-/m1/s1. The first-order valence-electron chi connectivity index (χ1n) is 10.5. The summed E-state index contributed by atoms with van der Waals surface area (Å²) < 4.78 is 11.4. The molecule has 1 atom stereocenters. The van der Waals surface area contributed by atoms with Gasteiger partial charge < -0.3 is 19.5 Å². The Morgan fingerprint density at radius 1 is 1.23 bits per heavy atom. The zero-order chi connectivity index (χ0) is 20.8. The van der Waals surface area contributed by atoms with Crippen LogP contribution >= 0.6 is 0 Å². The van der Waals surface area contributed by atoms with Gasteiger partial charge in [-0.1, -0.05) is 11.2 Å². The highest BCUT2D eigenvalue weighted by Gasteiger charge is 2.38. The summed E-state index contributed by atoms with van der Waals surface area (Å²) in [5.74, 6) is 1.75. The fourth-order valence-electron chi connectivity index (χ4n) is 4.41. The lowest BCUT2D eigenvalue weighted by molar-refractivity contribution is -0.136. The van der Waals surface area contributed by atoms with Crippen molar-refractivity contribution in [3.8, 4) is 16.9 Å². The molecule has 0 unspecified atom stereocenters. The quantitative estimate of drug-likeness (QED) is 0.817. The monoisotopic (exact) mass is 410 g/mol. The highest BCUT2D eigenvalue weighted by atomic mass is 16.5. The number of hydrogen-bond acceptors (Lipinski definition) is 6. The number of anilines is 1.